The lowest BCUT2D eigenvalue weighted by Gasteiger charge is -2.14. The number of hydrogen-bond donors (Lipinski definition) is 1. The lowest BCUT2D eigenvalue weighted by Crippen LogP contribution is -2.26. The smallest absolute Gasteiger partial charge is 0.178 e. The molecular weight excluding hydrogens is 250 g/mol. The Kier molecular flexibility index (Phi) is 5.78. The summed E-state index contributed by atoms with van der Waals surface area (Å²) in [5, 5.41) is 0. The fourth-order valence-electron chi connectivity index (χ4n) is 1.72. The monoisotopic (exact) mass is 271 g/mol. The van der Waals surface area contributed by atoms with Gasteiger partial charge in [0.15, 0.2) is 9.84 Å². The Balaban J connectivity index is 2.70. The molecule has 5 heteroatoms. The van der Waals surface area contributed by atoms with Crippen LogP contribution < -0.4 is 5.73 Å². The molecule has 1 atom stereocenters. The largest absolute Gasteiger partial charge is 0.377 e. The van der Waals surface area contributed by atoms with Gasteiger partial charge in [-0.05, 0) is 38.0 Å². The molecule has 2 N–H and O–H groups in total. The van der Waals surface area contributed by atoms with Crippen molar-refractivity contribution >= 4 is 9.84 Å². The van der Waals surface area contributed by atoms with Gasteiger partial charge in [-0.2, -0.15) is 0 Å². The summed E-state index contributed by atoms with van der Waals surface area (Å²) in [4.78, 5) is 0.370. The molecule has 1 aromatic rings. The van der Waals surface area contributed by atoms with Crippen LogP contribution in [-0.4, -0.2) is 33.4 Å². The second-order valence-corrected chi connectivity index (χ2v) is 6.35. The summed E-state index contributed by atoms with van der Waals surface area (Å²) in [5.41, 5.74) is 6.47. The molecule has 0 saturated carbocycles. The van der Waals surface area contributed by atoms with Crippen LogP contribution in [0.1, 0.15) is 18.9 Å². The third kappa shape index (κ3) is 4.40. The van der Waals surface area contributed by atoms with Gasteiger partial charge in [-0.15, -0.1) is 0 Å². The van der Waals surface area contributed by atoms with Crippen molar-refractivity contribution in [2.75, 3.05) is 18.9 Å². The third-order valence-corrected chi connectivity index (χ3v) is 4.47. The second-order valence-electron chi connectivity index (χ2n) is 4.24. The number of benzene rings is 1. The Morgan fingerprint density at radius 1 is 1.39 bits per heavy atom. The standard InChI is InChI=1S/C13H21NO3S/c1-3-17-12(10-14)7-8-18(15,16)13-6-4-5-11(2)9-13/h4-6,9,12H,3,7-8,10,14H2,1-2H3. The van der Waals surface area contributed by atoms with E-state index in [-0.39, 0.29) is 11.9 Å². The lowest BCUT2D eigenvalue weighted by molar-refractivity contribution is 0.0671. The average molecular weight is 271 g/mol. The fourth-order valence-corrected chi connectivity index (χ4v) is 3.18. The summed E-state index contributed by atoms with van der Waals surface area (Å²) in [5.74, 6) is 0.0678. The van der Waals surface area contributed by atoms with E-state index in [1.807, 2.05) is 19.9 Å². The van der Waals surface area contributed by atoms with Gasteiger partial charge in [-0.3, -0.25) is 0 Å². The van der Waals surface area contributed by atoms with E-state index in [0.717, 1.165) is 5.56 Å². The van der Waals surface area contributed by atoms with Crippen LogP contribution >= 0.6 is 0 Å². The Morgan fingerprint density at radius 2 is 2.11 bits per heavy atom. The van der Waals surface area contributed by atoms with Crippen LogP contribution in [0.15, 0.2) is 29.2 Å². The maximum absolute atomic E-state index is 12.1. The minimum atomic E-state index is -3.24. The van der Waals surface area contributed by atoms with Crippen molar-refractivity contribution in [1.82, 2.24) is 0 Å². The molecule has 0 radical (unpaired) electrons. The SMILES string of the molecule is CCOC(CN)CCS(=O)(=O)c1cccc(C)c1. The van der Waals surface area contributed by atoms with Gasteiger partial charge in [0.25, 0.3) is 0 Å². The zero-order chi connectivity index (χ0) is 13.6. The fraction of sp³-hybridized carbons (Fsp3) is 0.538. The second kappa shape index (κ2) is 6.87. The summed E-state index contributed by atoms with van der Waals surface area (Å²) < 4.78 is 29.6. The summed E-state index contributed by atoms with van der Waals surface area (Å²) in [7, 11) is -3.24. The zero-order valence-corrected chi connectivity index (χ0v) is 11.7. The summed E-state index contributed by atoms with van der Waals surface area (Å²) in [6, 6.07) is 6.95. The number of aryl methyl sites for hydroxylation is 1. The molecule has 0 bridgehead atoms. The van der Waals surface area contributed by atoms with Crippen LogP contribution in [-0.2, 0) is 14.6 Å². The van der Waals surface area contributed by atoms with Crippen molar-refractivity contribution < 1.29 is 13.2 Å². The zero-order valence-electron chi connectivity index (χ0n) is 10.9. The van der Waals surface area contributed by atoms with Gasteiger partial charge in [0.1, 0.15) is 0 Å². The van der Waals surface area contributed by atoms with Gasteiger partial charge in [0, 0.05) is 13.2 Å². The lowest BCUT2D eigenvalue weighted by atomic mass is 10.2. The topological polar surface area (TPSA) is 69.4 Å². The molecule has 0 fully saturated rings. The number of sulfone groups is 1. The molecule has 0 aliphatic heterocycles. The number of hydrogen-bond acceptors (Lipinski definition) is 4. The van der Waals surface area contributed by atoms with Gasteiger partial charge in [-0.1, -0.05) is 12.1 Å². The predicted molar refractivity (Wildman–Crippen MR) is 72.3 cm³/mol. The van der Waals surface area contributed by atoms with Crippen molar-refractivity contribution in [3.63, 3.8) is 0 Å². The number of rotatable bonds is 7. The van der Waals surface area contributed by atoms with Crippen molar-refractivity contribution in [2.24, 2.45) is 5.73 Å². The maximum Gasteiger partial charge on any atom is 0.178 e. The highest BCUT2D eigenvalue weighted by Gasteiger charge is 2.17. The van der Waals surface area contributed by atoms with Crippen LogP contribution in [0.4, 0.5) is 0 Å². The highest BCUT2D eigenvalue weighted by molar-refractivity contribution is 7.91. The third-order valence-electron chi connectivity index (χ3n) is 2.72. The number of nitrogens with two attached hydrogens (primary N) is 1. The van der Waals surface area contributed by atoms with Crippen LogP contribution in [0.2, 0.25) is 0 Å². The van der Waals surface area contributed by atoms with Crippen LogP contribution in [0.5, 0.6) is 0 Å². The molecule has 0 amide bonds. The van der Waals surface area contributed by atoms with Crippen LogP contribution in [0.25, 0.3) is 0 Å². The molecule has 0 saturated heterocycles. The molecule has 4 nitrogen and oxygen atoms in total. The molecule has 1 aromatic carbocycles. The molecule has 0 aliphatic rings. The molecule has 0 aliphatic carbocycles. The highest BCUT2D eigenvalue weighted by Crippen LogP contribution is 2.14. The van der Waals surface area contributed by atoms with Crippen molar-refractivity contribution in [3.05, 3.63) is 29.8 Å². The predicted octanol–water partition coefficient (Wildman–Crippen LogP) is 1.52. The Morgan fingerprint density at radius 3 is 2.67 bits per heavy atom. The first-order valence-corrected chi connectivity index (χ1v) is 7.76. The Bertz CT molecular complexity index is 471. The van der Waals surface area contributed by atoms with Crippen molar-refractivity contribution in [1.29, 1.82) is 0 Å². The number of ether oxygens (including phenoxy) is 1. The molecular formula is C13H21NO3S. The molecule has 1 rings (SSSR count). The molecule has 102 valence electrons. The first-order chi connectivity index (χ1) is 8.49. The van der Waals surface area contributed by atoms with Crippen LogP contribution in [0, 0.1) is 6.92 Å². The van der Waals surface area contributed by atoms with Crippen LogP contribution in [0.3, 0.4) is 0 Å². The van der Waals surface area contributed by atoms with E-state index in [0.29, 0.717) is 24.5 Å². The summed E-state index contributed by atoms with van der Waals surface area (Å²) in [6.45, 7) is 4.64. The van der Waals surface area contributed by atoms with E-state index in [4.69, 9.17) is 10.5 Å². The molecule has 18 heavy (non-hydrogen) atoms. The first kappa shape index (κ1) is 15.1. The van der Waals surface area contributed by atoms with Gasteiger partial charge < -0.3 is 10.5 Å². The maximum atomic E-state index is 12.1. The van der Waals surface area contributed by atoms with Crippen molar-refractivity contribution in [2.45, 2.75) is 31.3 Å². The van der Waals surface area contributed by atoms with E-state index in [9.17, 15) is 8.42 Å². The average Bonchev–Trinajstić information content (AvgIpc) is 2.34. The molecule has 0 heterocycles. The van der Waals surface area contributed by atoms with Crippen molar-refractivity contribution in [3.8, 4) is 0 Å². The normalized spacial score (nSPS) is 13.5. The minimum absolute atomic E-state index is 0.0678. The molecule has 1 unspecified atom stereocenters. The van der Waals surface area contributed by atoms with Gasteiger partial charge >= 0.3 is 0 Å². The summed E-state index contributed by atoms with van der Waals surface area (Å²) in [6.07, 6.45) is 0.246. The molecule has 0 spiro atoms. The van der Waals surface area contributed by atoms with Gasteiger partial charge in [-0.25, -0.2) is 8.42 Å². The molecule has 0 aromatic heterocycles. The van der Waals surface area contributed by atoms with E-state index >= 15 is 0 Å². The quantitative estimate of drug-likeness (QED) is 0.816. The summed E-state index contributed by atoms with van der Waals surface area (Å²) >= 11 is 0. The van der Waals surface area contributed by atoms with E-state index in [2.05, 4.69) is 0 Å². The van der Waals surface area contributed by atoms with Gasteiger partial charge in [0.2, 0.25) is 0 Å². The van der Waals surface area contributed by atoms with E-state index in [1.54, 1.807) is 18.2 Å². The van der Waals surface area contributed by atoms with Gasteiger partial charge in [0.05, 0.1) is 16.8 Å². The minimum Gasteiger partial charge on any atom is -0.377 e. The van der Waals surface area contributed by atoms with E-state index in [1.165, 1.54) is 0 Å². The van der Waals surface area contributed by atoms with E-state index < -0.39 is 9.84 Å². The Hall–Kier alpha value is -0.910. The first-order valence-electron chi connectivity index (χ1n) is 6.10. The highest BCUT2D eigenvalue weighted by atomic mass is 32.2. The Labute approximate surface area is 109 Å².